The highest BCUT2D eigenvalue weighted by atomic mass is 32.2. The van der Waals surface area contributed by atoms with Gasteiger partial charge >= 0.3 is 5.97 Å². The number of nitrogens with one attached hydrogen (secondary N) is 2. The van der Waals surface area contributed by atoms with Gasteiger partial charge in [0.25, 0.3) is 15.9 Å². The molecule has 2 N–H and O–H groups in total. The van der Waals surface area contributed by atoms with Crippen LogP contribution in [-0.2, 0) is 19.7 Å². The van der Waals surface area contributed by atoms with Gasteiger partial charge in [-0.05, 0) is 48.1 Å². The molecule has 1 fully saturated rings. The summed E-state index contributed by atoms with van der Waals surface area (Å²) in [5.74, 6) is -5.58. The Morgan fingerprint density at radius 3 is 2.29 bits per heavy atom. The van der Waals surface area contributed by atoms with E-state index in [0.29, 0.717) is 18.9 Å². The second kappa shape index (κ2) is 7.60. The zero-order chi connectivity index (χ0) is 20.5. The lowest BCUT2D eigenvalue weighted by molar-refractivity contribution is -0.148. The molecule has 11 heteroatoms. The molecule has 0 bridgehead atoms. The molecule has 0 atom stereocenters. The van der Waals surface area contributed by atoms with Crippen LogP contribution in [0.15, 0.2) is 41.3 Å². The van der Waals surface area contributed by atoms with Crippen molar-refractivity contribution in [1.29, 1.82) is 0 Å². The summed E-state index contributed by atoms with van der Waals surface area (Å²) in [7, 11) is -4.37. The zero-order valence-corrected chi connectivity index (χ0v) is 14.9. The number of hydrogen-bond donors (Lipinski definition) is 2. The molecule has 28 heavy (non-hydrogen) atoms. The van der Waals surface area contributed by atoms with Crippen molar-refractivity contribution < 1.29 is 36.0 Å². The van der Waals surface area contributed by atoms with Gasteiger partial charge in [-0.3, -0.25) is 9.59 Å². The minimum atomic E-state index is -4.37. The first kappa shape index (κ1) is 19.8. The number of sulfonamides is 1. The average Bonchev–Trinajstić information content (AvgIpc) is 3.48. The standard InChI is InChI=1S/C17H13F3N2O5S/c18-13-6-4-11(28(25,26)22-27-17(24)9-1-2-9)8-12(13)16(23)21-10-3-5-14(19)15(20)7-10/h3-9,22H,1-2H2,(H,21,23). The Morgan fingerprint density at radius 2 is 1.64 bits per heavy atom. The molecular weight excluding hydrogens is 401 g/mol. The van der Waals surface area contributed by atoms with E-state index < -0.39 is 49.8 Å². The Bertz CT molecular complexity index is 1050. The van der Waals surface area contributed by atoms with Gasteiger partial charge in [-0.15, -0.1) is 0 Å². The van der Waals surface area contributed by atoms with Gasteiger partial charge < -0.3 is 10.2 Å². The van der Waals surface area contributed by atoms with Crippen LogP contribution >= 0.6 is 0 Å². The van der Waals surface area contributed by atoms with E-state index in [9.17, 15) is 31.2 Å². The van der Waals surface area contributed by atoms with Gasteiger partial charge in [0, 0.05) is 11.8 Å². The predicted molar refractivity (Wildman–Crippen MR) is 89.8 cm³/mol. The maximum Gasteiger partial charge on any atom is 0.329 e. The molecular formula is C17H13F3N2O5S. The predicted octanol–water partition coefficient (Wildman–Crippen LogP) is 2.50. The smallest absolute Gasteiger partial charge is 0.329 e. The number of carbonyl (C=O) groups excluding carboxylic acids is 2. The van der Waals surface area contributed by atoms with Crippen LogP contribution in [0.2, 0.25) is 0 Å². The summed E-state index contributed by atoms with van der Waals surface area (Å²) in [4.78, 5) is 29.2. The van der Waals surface area contributed by atoms with Crippen LogP contribution in [0.4, 0.5) is 18.9 Å². The highest BCUT2D eigenvalue weighted by molar-refractivity contribution is 7.89. The first-order chi connectivity index (χ1) is 13.2. The fraction of sp³-hybridized carbons (Fsp3) is 0.176. The van der Waals surface area contributed by atoms with Crippen molar-refractivity contribution in [3.63, 3.8) is 0 Å². The van der Waals surface area contributed by atoms with E-state index >= 15 is 0 Å². The molecule has 0 spiro atoms. The molecule has 7 nitrogen and oxygen atoms in total. The third-order valence-electron chi connectivity index (χ3n) is 3.83. The van der Waals surface area contributed by atoms with Crippen molar-refractivity contribution in [2.45, 2.75) is 17.7 Å². The third kappa shape index (κ3) is 4.49. The number of amides is 1. The molecule has 0 unspecified atom stereocenters. The number of benzene rings is 2. The van der Waals surface area contributed by atoms with Gasteiger partial charge in [-0.2, -0.15) is 0 Å². The SMILES string of the molecule is O=C(Nc1ccc(F)c(F)c1)c1cc(S(=O)(=O)NOC(=O)C2CC2)ccc1F. The molecule has 3 rings (SSSR count). The number of halogens is 3. The molecule has 0 heterocycles. The summed E-state index contributed by atoms with van der Waals surface area (Å²) in [6.45, 7) is 0. The molecule has 1 amide bonds. The van der Waals surface area contributed by atoms with E-state index in [2.05, 4.69) is 10.2 Å². The fourth-order valence-corrected chi connectivity index (χ4v) is 2.97. The molecule has 0 aromatic heterocycles. The highest BCUT2D eigenvalue weighted by Crippen LogP contribution is 2.30. The van der Waals surface area contributed by atoms with E-state index in [0.717, 1.165) is 30.3 Å². The van der Waals surface area contributed by atoms with Gasteiger partial charge in [0.15, 0.2) is 11.6 Å². The highest BCUT2D eigenvalue weighted by Gasteiger charge is 2.33. The molecule has 1 aliphatic carbocycles. The second-order valence-electron chi connectivity index (χ2n) is 6.01. The Morgan fingerprint density at radius 1 is 0.964 bits per heavy atom. The summed E-state index contributed by atoms with van der Waals surface area (Å²) < 4.78 is 64.5. The van der Waals surface area contributed by atoms with Crippen LogP contribution in [0.5, 0.6) is 0 Å². The summed E-state index contributed by atoms with van der Waals surface area (Å²) >= 11 is 0. The monoisotopic (exact) mass is 414 g/mol. The zero-order valence-electron chi connectivity index (χ0n) is 14.0. The van der Waals surface area contributed by atoms with Crippen molar-refractivity contribution in [1.82, 2.24) is 4.89 Å². The maximum atomic E-state index is 14.0. The van der Waals surface area contributed by atoms with Crippen molar-refractivity contribution in [3.8, 4) is 0 Å². The largest absolute Gasteiger partial charge is 0.355 e. The van der Waals surface area contributed by atoms with E-state index in [1.807, 2.05) is 0 Å². The lowest BCUT2D eigenvalue weighted by Gasteiger charge is -2.10. The summed E-state index contributed by atoms with van der Waals surface area (Å²) in [6.07, 6.45) is 1.21. The van der Waals surface area contributed by atoms with E-state index in [1.54, 1.807) is 4.89 Å². The summed E-state index contributed by atoms with van der Waals surface area (Å²) in [5.41, 5.74) is -0.825. The van der Waals surface area contributed by atoms with Gasteiger partial charge in [-0.1, -0.05) is 0 Å². The molecule has 2 aromatic rings. The Hall–Kier alpha value is -2.92. The minimum Gasteiger partial charge on any atom is -0.355 e. The third-order valence-corrected chi connectivity index (χ3v) is 5.01. The average molecular weight is 414 g/mol. The van der Waals surface area contributed by atoms with Gasteiger partial charge in [0.2, 0.25) is 0 Å². The number of hydrogen-bond acceptors (Lipinski definition) is 5. The quantitative estimate of drug-likeness (QED) is 0.708. The lowest BCUT2D eigenvalue weighted by Crippen LogP contribution is -2.28. The lowest BCUT2D eigenvalue weighted by atomic mass is 10.2. The molecule has 0 saturated heterocycles. The number of anilines is 1. The molecule has 2 aromatic carbocycles. The van der Waals surface area contributed by atoms with Gasteiger partial charge in [-0.25, -0.2) is 21.6 Å². The fourth-order valence-electron chi connectivity index (χ4n) is 2.16. The Labute approximate surface area is 157 Å². The van der Waals surface area contributed by atoms with Crippen molar-refractivity contribution in [3.05, 3.63) is 59.4 Å². The molecule has 148 valence electrons. The maximum absolute atomic E-state index is 14.0. The van der Waals surface area contributed by atoms with E-state index in [-0.39, 0.29) is 11.6 Å². The van der Waals surface area contributed by atoms with Crippen LogP contribution in [0.1, 0.15) is 23.2 Å². The normalized spacial score (nSPS) is 13.8. The molecule has 1 aliphatic rings. The first-order valence-electron chi connectivity index (χ1n) is 7.96. The second-order valence-corrected chi connectivity index (χ2v) is 7.65. The minimum absolute atomic E-state index is 0.159. The van der Waals surface area contributed by atoms with Crippen LogP contribution in [0.25, 0.3) is 0 Å². The molecule has 0 radical (unpaired) electrons. The first-order valence-corrected chi connectivity index (χ1v) is 9.44. The van der Waals surface area contributed by atoms with Gasteiger partial charge in [0.1, 0.15) is 5.82 Å². The number of rotatable bonds is 6. The topological polar surface area (TPSA) is 102 Å². The van der Waals surface area contributed by atoms with Crippen LogP contribution < -0.4 is 10.2 Å². The van der Waals surface area contributed by atoms with Crippen molar-refractivity contribution in [2.75, 3.05) is 5.32 Å². The van der Waals surface area contributed by atoms with Crippen molar-refractivity contribution >= 4 is 27.6 Å². The van der Waals surface area contributed by atoms with Crippen LogP contribution in [0, 0.1) is 23.4 Å². The Balaban J connectivity index is 1.78. The molecule has 1 saturated carbocycles. The van der Waals surface area contributed by atoms with E-state index in [1.165, 1.54) is 0 Å². The van der Waals surface area contributed by atoms with Crippen LogP contribution in [-0.4, -0.2) is 20.3 Å². The number of carbonyl (C=O) groups is 2. The van der Waals surface area contributed by atoms with Gasteiger partial charge in [0.05, 0.1) is 16.4 Å². The summed E-state index contributed by atoms with van der Waals surface area (Å²) in [6, 6.07) is 4.82. The van der Waals surface area contributed by atoms with Crippen molar-refractivity contribution in [2.24, 2.45) is 5.92 Å². The summed E-state index contributed by atoms with van der Waals surface area (Å²) in [5, 5.41) is 2.13. The molecule has 0 aliphatic heterocycles. The van der Waals surface area contributed by atoms with Crippen LogP contribution in [0.3, 0.4) is 0 Å². The van der Waals surface area contributed by atoms with E-state index in [4.69, 9.17) is 0 Å². The Kier molecular flexibility index (Phi) is 5.38.